The minimum Gasteiger partial charge on any atom is -0.364 e. The van der Waals surface area contributed by atoms with Gasteiger partial charge in [0.25, 0.3) is 5.91 Å². The van der Waals surface area contributed by atoms with Crippen molar-refractivity contribution in [2.75, 3.05) is 6.54 Å². The van der Waals surface area contributed by atoms with Crippen LogP contribution >= 0.6 is 12.4 Å². The van der Waals surface area contributed by atoms with Gasteiger partial charge in [-0.1, -0.05) is 0 Å². The van der Waals surface area contributed by atoms with Crippen molar-refractivity contribution in [1.29, 1.82) is 0 Å². The van der Waals surface area contributed by atoms with Crippen LogP contribution < -0.4 is 15.8 Å². The van der Waals surface area contributed by atoms with Crippen LogP contribution in [0, 0.1) is 0 Å². The average Bonchev–Trinajstić information content (AvgIpc) is 2.71. The number of hydrogen-bond donors (Lipinski definition) is 3. The van der Waals surface area contributed by atoms with Crippen LogP contribution in [-0.2, 0) is 17.1 Å². The fraction of sp³-hybridized carbons (Fsp3) is 0.583. The van der Waals surface area contributed by atoms with E-state index in [1.54, 1.807) is 7.05 Å². The fourth-order valence-corrected chi connectivity index (χ4v) is 3.81. The largest absolute Gasteiger partial charge is 0.364 e. The number of nitrogens with one attached hydrogen (secondary N) is 2. The molecular formula is C12H21ClN4O3S. The Hall–Kier alpha value is -1.09. The van der Waals surface area contributed by atoms with Gasteiger partial charge in [0.2, 0.25) is 10.0 Å². The lowest BCUT2D eigenvalue weighted by atomic mass is 10.0. The lowest BCUT2D eigenvalue weighted by molar-refractivity contribution is 0.0992. The zero-order valence-corrected chi connectivity index (χ0v) is 13.6. The monoisotopic (exact) mass is 336 g/mol. The molecule has 7 nitrogen and oxygen atoms in total. The minimum atomic E-state index is -3.62. The SMILES string of the molecule is CC1CC(NS(=O)(=O)c2cc(C(N)=O)n(C)c2)CCN1.Cl. The van der Waals surface area contributed by atoms with Gasteiger partial charge in [0, 0.05) is 25.3 Å². The number of aryl methyl sites for hydroxylation is 1. The number of nitrogens with two attached hydrogens (primary N) is 1. The first-order valence-electron chi connectivity index (χ1n) is 6.51. The third-order valence-corrected chi connectivity index (χ3v) is 4.98. The zero-order chi connectivity index (χ0) is 14.9. The number of carbonyl (C=O) groups excluding carboxylic acids is 1. The van der Waals surface area contributed by atoms with Crippen LogP contribution in [-0.4, -0.2) is 37.5 Å². The molecule has 9 heteroatoms. The molecule has 21 heavy (non-hydrogen) atoms. The van der Waals surface area contributed by atoms with E-state index in [-0.39, 0.29) is 35.1 Å². The zero-order valence-electron chi connectivity index (χ0n) is 12.0. The molecule has 120 valence electrons. The number of rotatable bonds is 4. The molecular weight excluding hydrogens is 316 g/mol. The molecule has 2 unspecified atom stereocenters. The van der Waals surface area contributed by atoms with Crippen LogP contribution in [0.2, 0.25) is 0 Å². The van der Waals surface area contributed by atoms with Gasteiger partial charge < -0.3 is 15.6 Å². The highest BCUT2D eigenvalue weighted by molar-refractivity contribution is 7.89. The number of halogens is 1. The van der Waals surface area contributed by atoms with Gasteiger partial charge in [-0.15, -0.1) is 12.4 Å². The van der Waals surface area contributed by atoms with E-state index in [9.17, 15) is 13.2 Å². The van der Waals surface area contributed by atoms with Crippen LogP contribution in [0.1, 0.15) is 30.3 Å². The van der Waals surface area contributed by atoms with Gasteiger partial charge >= 0.3 is 0 Å². The number of piperidine rings is 1. The van der Waals surface area contributed by atoms with Crippen LogP contribution in [0.15, 0.2) is 17.2 Å². The summed E-state index contributed by atoms with van der Waals surface area (Å²) in [4.78, 5) is 11.2. The third kappa shape index (κ3) is 4.19. The number of carbonyl (C=O) groups is 1. The number of aromatic nitrogens is 1. The lowest BCUT2D eigenvalue weighted by Crippen LogP contribution is -2.46. The van der Waals surface area contributed by atoms with Crippen molar-refractivity contribution < 1.29 is 13.2 Å². The predicted molar refractivity (Wildman–Crippen MR) is 82.0 cm³/mol. The molecule has 4 N–H and O–H groups in total. The maximum atomic E-state index is 12.3. The first-order valence-corrected chi connectivity index (χ1v) is 8.00. The van der Waals surface area contributed by atoms with Crippen LogP contribution in [0.4, 0.5) is 0 Å². The molecule has 0 radical (unpaired) electrons. The first-order chi connectivity index (χ1) is 9.29. The minimum absolute atomic E-state index is 0. The molecule has 1 aliphatic rings. The molecule has 1 aliphatic heterocycles. The quantitative estimate of drug-likeness (QED) is 0.717. The molecule has 1 aromatic rings. The van der Waals surface area contributed by atoms with E-state index in [1.165, 1.54) is 16.8 Å². The Labute approximate surface area is 130 Å². The van der Waals surface area contributed by atoms with Gasteiger partial charge in [-0.2, -0.15) is 0 Å². The Morgan fingerprint density at radius 2 is 2.19 bits per heavy atom. The summed E-state index contributed by atoms with van der Waals surface area (Å²) < 4.78 is 28.7. The van der Waals surface area contributed by atoms with Crippen molar-refractivity contribution in [3.8, 4) is 0 Å². The molecule has 1 aromatic heterocycles. The van der Waals surface area contributed by atoms with E-state index in [1.807, 2.05) is 6.92 Å². The highest BCUT2D eigenvalue weighted by Gasteiger charge is 2.26. The molecule has 0 aliphatic carbocycles. The van der Waals surface area contributed by atoms with Crippen LogP contribution in [0.25, 0.3) is 0 Å². The van der Waals surface area contributed by atoms with E-state index in [0.717, 1.165) is 19.4 Å². The van der Waals surface area contributed by atoms with E-state index in [2.05, 4.69) is 10.0 Å². The second-order valence-electron chi connectivity index (χ2n) is 5.23. The van der Waals surface area contributed by atoms with Gasteiger partial charge in [0.05, 0.1) is 0 Å². The van der Waals surface area contributed by atoms with E-state index in [0.29, 0.717) is 0 Å². The Balaban J connectivity index is 0.00000220. The normalized spacial score (nSPS) is 22.6. The average molecular weight is 337 g/mol. The third-order valence-electron chi connectivity index (χ3n) is 3.49. The molecule has 1 saturated heterocycles. The Morgan fingerprint density at radius 3 is 2.71 bits per heavy atom. The summed E-state index contributed by atoms with van der Waals surface area (Å²) in [5, 5.41) is 3.27. The number of sulfonamides is 1. The number of nitrogens with zero attached hydrogens (tertiary/aromatic N) is 1. The van der Waals surface area contributed by atoms with Crippen molar-refractivity contribution >= 4 is 28.3 Å². The maximum absolute atomic E-state index is 12.3. The fourth-order valence-electron chi connectivity index (χ4n) is 2.45. The second-order valence-corrected chi connectivity index (χ2v) is 6.95. The van der Waals surface area contributed by atoms with Gasteiger partial charge in [-0.05, 0) is 32.4 Å². The highest BCUT2D eigenvalue weighted by atomic mass is 35.5. The summed E-state index contributed by atoms with van der Waals surface area (Å²) in [6, 6.07) is 1.50. The standard InChI is InChI=1S/C12H20N4O3S.ClH/c1-8-5-9(3-4-14-8)15-20(18,19)10-6-11(12(13)17)16(2)7-10;/h6-9,14-15H,3-5H2,1-2H3,(H2,13,17);1H. The summed E-state index contributed by atoms with van der Waals surface area (Å²) in [6.45, 7) is 2.81. The smallest absolute Gasteiger partial charge is 0.265 e. The second kappa shape index (κ2) is 6.78. The van der Waals surface area contributed by atoms with Gasteiger partial charge in [-0.25, -0.2) is 13.1 Å². The topological polar surface area (TPSA) is 106 Å². The summed E-state index contributed by atoms with van der Waals surface area (Å²) in [6.07, 6.45) is 2.89. The van der Waals surface area contributed by atoms with Crippen molar-refractivity contribution in [2.45, 2.75) is 36.7 Å². The molecule has 0 saturated carbocycles. The Kier molecular flexibility index (Phi) is 5.80. The summed E-state index contributed by atoms with van der Waals surface area (Å²) in [7, 11) is -2.04. The van der Waals surface area contributed by atoms with Crippen molar-refractivity contribution in [2.24, 2.45) is 12.8 Å². The van der Waals surface area contributed by atoms with Gasteiger partial charge in [0.15, 0.2) is 0 Å². The van der Waals surface area contributed by atoms with Gasteiger partial charge in [-0.3, -0.25) is 4.79 Å². The highest BCUT2D eigenvalue weighted by Crippen LogP contribution is 2.16. The Morgan fingerprint density at radius 1 is 1.52 bits per heavy atom. The van der Waals surface area contributed by atoms with Crippen LogP contribution in [0.3, 0.4) is 0 Å². The lowest BCUT2D eigenvalue weighted by Gasteiger charge is -2.28. The summed E-state index contributed by atoms with van der Waals surface area (Å²) in [5.41, 5.74) is 5.36. The van der Waals surface area contributed by atoms with Crippen molar-refractivity contribution in [3.05, 3.63) is 18.0 Å². The maximum Gasteiger partial charge on any atom is 0.265 e. The van der Waals surface area contributed by atoms with Crippen molar-refractivity contribution in [1.82, 2.24) is 14.6 Å². The number of amides is 1. The molecule has 1 fully saturated rings. The van der Waals surface area contributed by atoms with Crippen LogP contribution in [0.5, 0.6) is 0 Å². The number of primary amides is 1. The molecule has 2 atom stereocenters. The van der Waals surface area contributed by atoms with Gasteiger partial charge in [0.1, 0.15) is 10.6 Å². The number of hydrogen-bond acceptors (Lipinski definition) is 4. The van der Waals surface area contributed by atoms with E-state index >= 15 is 0 Å². The summed E-state index contributed by atoms with van der Waals surface area (Å²) in [5.74, 6) is -0.649. The summed E-state index contributed by atoms with van der Waals surface area (Å²) >= 11 is 0. The first kappa shape index (κ1) is 18.0. The molecule has 2 heterocycles. The molecule has 0 spiro atoms. The Bertz CT molecular complexity index is 614. The van der Waals surface area contributed by atoms with E-state index < -0.39 is 15.9 Å². The molecule has 1 amide bonds. The van der Waals surface area contributed by atoms with E-state index in [4.69, 9.17) is 5.73 Å². The molecule has 0 aromatic carbocycles. The predicted octanol–water partition coefficient (Wildman–Crippen LogP) is -0.0354. The van der Waals surface area contributed by atoms with Crippen molar-refractivity contribution in [3.63, 3.8) is 0 Å². The molecule has 0 bridgehead atoms. The molecule has 2 rings (SSSR count).